The van der Waals surface area contributed by atoms with Gasteiger partial charge in [-0.25, -0.2) is 9.59 Å². The van der Waals surface area contributed by atoms with E-state index < -0.39 is 23.5 Å². The monoisotopic (exact) mass is 339 g/mol. The smallest absolute Gasteiger partial charge is 0.355 e. The van der Waals surface area contributed by atoms with E-state index in [1.54, 1.807) is 34.6 Å². The number of rotatable bonds is 7. The van der Waals surface area contributed by atoms with Gasteiger partial charge < -0.3 is 19.6 Å². The molecule has 1 aromatic heterocycles. The van der Waals surface area contributed by atoms with Crippen molar-refractivity contribution < 1.29 is 29.0 Å². The largest absolute Gasteiger partial charge is 0.481 e. The van der Waals surface area contributed by atoms with Gasteiger partial charge in [-0.3, -0.25) is 4.79 Å². The summed E-state index contributed by atoms with van der Waals surface area (Å²) in [5.41, 5.74) is 0.754. The topological polar surface area (TPSA) is 106 Å². The maximum absolute atomic E-state index is 12.3. The molecule has 0 aliphatic rings. The number of H-pyrrole nitrogens is 1. The van der Waals surface area contributed by atoms with Crippen molar-refractivity contribution in [3.63, 3.8) is 0 Å². The van der Waals surface area contributed by atoms with E-state index in [-0.39, 0.29) is 24.3 Å². The van der Waals surface area contributed by atoms with Gasteiger partial charge in [0.15, 0.2) is 0 Å². The lowest BCUT2D eigenvalue weighted by molar-refractivity contribution is -0.137. The minimum atomic E-state index is -0.914. The van der Waals surface area contributed by atoms with Crippen molar-refractivity contribution in [2.45, 2.75) is 59.5 Å². The van der Waals surface area contributed by atoms with Crippen molar-refractivity contribution in [2.24, 2.45) is 0 Å². The number of aromatic amines is 1. The number of aliphatic carboxylic acids is 1. The Morgan fingerprint density at radius 2 is 1.79 bits per heavy atom. The summed E-state index contributed by atoms with van der Waals surface area (Å²) < 4.78 is 10.4. The molecule has 24 heavy (non-hydrogen) atoms. The number of carbonyl (C=O) groups is 3. The molecule has 1 aromatic rings. The first-order chi connectivity index (χ1) is 11.1. The highest BCUT2D eigenvalue weighted by Crippen LogP contribution is 2.23. The van der Waals surface area contributed by atoms with Crippen molar-refractivity contribution in [2.75, 3.05) is 6.61 Å². The highest BCUT2D eigenvalue weighted by molar-refractivity contribution is 5.98. The summed E-state index contributed by atoms with van der Waals surface area (Å²) in [4.78, 5) is 38.1. The molecule has 134 valence electrons. The van der Waals surface area contributed by atoms with E-state index in [1.165, 1.54) is 0 Å². The van der Waals surface area contributed by atoms with Gasteiger partial charge in [0.1, 0.15) is 11.3 Å². The molecule has 7 nitrogen and oxygen atoms in total. The van der Waals surface area contributed by atoms with Crippen LogP contribution in [-0.2, 0) is 20.7 Å². The van der Waals surface area contributed by atoms with E-state index in [4.69, 9.17) is 14.6 Å². The van der Waals surface area contributed by atoms with Crippen LogP contribution in [0.15, 0.2) is 0 Å². The first-order valence-corrected chi connectivity index (χ1v) is 7.90. The molecule has 0 amide bonds. The Labute approximate surface area is 141 Å². The van der Waals surface area contributed by atoms with Crippen LogP contribution in [0.5, 0.6) is 0 Å². The zero-order chi connectivity index (χ0) is 18.5. The second kappa shape index (κ2) is 7.99. The molecular weight excluding hydrogens is 314 g/mol. The molecule has 2 N–H and O–H groups in total. The molecule has 0 unspecified atom stereocenters. The van der Waals surface area contributed by atoms with Crippen molar-refractivity contribution in [1.29, 1.82) is 0 Å². The molecule has 7 heteroatoms. The van der Waals surface area contributed by atoms with Gasteiger partial charge in [0.25, 0.3) is 0 Å². The number of carboxylic acids is 1. The average molecular weight is 339 g/mol. The zero-order valence-electron chi connectivity index (χ0n) is 14.8. The van der Waals surface area contributed by atoms with Crippen LogP contribution >= 0.6 is 0 Å². The molecule has 0 aliphatic heterocycles. The van der Waals surface area contributed by atoms with E-state index in [0.717, 1.165) is 0 Å². The molecule has 0 fully saturated rings. The molecule has 0 atom stereocenters. The molecule has 0 saturated carbocycles. The molecule has 0 aliphatic carbocycles. The third kappa shape index (κ3) is 5.40. The second-order valence-electron chi connectivity index (χ2n) is 6.45. The zero-order valence-corrected chi connectivity index (χ0v) is 14.8. The summed E-state index contributed by atoms with van der Waals surface area (Å²) in [6.07, 6.45) is 0.641. The lowest BCUT2D eigenvalue weighted by Gasteiger charge is -2.19. The summed E-state index contributed by atoms with van der Waals surface area (Å²) >= 11 is 0. The highest BCUT2D eigenvalue weighted by atomic mass is 16.6. The molecule has 1 heterocycles. The number of aromatic nitrogens is 1. The van der Waals surface area contributed by atoms with E-state index in [0.29, 0.717) is 24.1 Å². The van der Waals surface area contributed by atoms with Crippen LogP contribution in [0.1, 0.15) is 72.6 Å². The van der Waals surface area contributed by atoms with Gasteiger partial charge in [0, 0.05) is 12.1 Å². The summed E-state index contributed by atoms with van der Waals surface area (Å²) in [6.45, 7) is 8.80. The maximum Gasteiger partial charge on any atom is 0.355 e. The van der Waals surface area contributed by atoms with Gasteiger partial charge in [-0.15, -0.1) is 0 Å². The van der Waals surface area contributed by atoms with Gasteiger partial charge in [0.05, 0.1) is 12.2 Å². The molecule has 1 rings (SSSR count). The first-order valence-electron chi connectivity index (χ1n) is 7.90. The molecule has 0 bridgehead atoms. The van der Waals surface area contributed by atoms with Gasteiger partial charge >= 0.3 is 17.9 Å². The lowest BCUT2D eigenvalue weighted by Crippen LogP contribution is -2.24. The third-order valence-corrected chi connectivity index (χ3v) is 3.23. The van der Waals surface area contributed by atoms with E-state index in [2.05, 4.69) is 4.98 Å². The van der Waals surface area contributed by atoms with Crippen LogP contribution in [0.3, 0.4) is 0 Å². The summed E-state index contributed by atoms with van der Waals surface area (Å²) in [6, 6.07) is 0. The number of carboxylic acid groups (broad SMARTS) is 1. The van der Waals surface area contributed by atoms with Gasteiger partial charge in [-0.05, 0) is 53.0 Å². The Balaban J connectivity index is 3.15. The summed E-state index contributed by atoms with van der Waals surface area (Å²) in [7, 11) is 0. The Bertz CT molecular complexity index is 624. The van der Waals surface area contributed by atoms with Crippen LogP contribution < -0.4 is 0 Å². The minimum Gasteiger partial charge on any atom is -0.481 e. The first kappa shape index (κ1) is 19.7. The van der Waals surface area contributed by atoms with Crippen molar-refractivity contribution in [1.82, 2.24) is 4.98 Å². The number of aryl methyl sites for hydroxylation is 1. The number of esters is 2. The van der Waals surface area contributed by atoms with Crippen molar-refractivity contribution >= 4 is 17.9 Å². The van der Waals surface area contributed by atoms with Crippen LogP contribution in [-0.4, -0.2) is 40.2 Å². The minimum absolute atomic E-state index is 0.0257. The fourth-order valence-corrected chi connectivity index (χ4v) is 2.28. The standard InChI is InChI=1S/C17H25NO6/c1-6-23-15(21)13-10(2)14(16(22)24-17(3,4)5)18-11(13)8-7-9-12(19)20/h18H,6-9H2,1-5H3,(H,19,20). The van der Waals surface area contributed by atoms with Crippen molar-refractivity contribution in [3.05, 3.63) is 22.5 Å². The van der Waals surface area contributed by atoms with Crippen LogP contribution in [0.2, 0.25) is 0 Å². The predicted molar refractivity (Wildman–Crippen MR) is 87.2 cm³/mol. The van der Waals surface area contributed by atoms with Crippen molar-refractivity contribution in [3.8, 4) is 0 Å². The predicted octanol–water partition coefficient (Wildman–Crippen LogP) is 2.86. The van der Waals surface area contributed by atoms with Gasteiger partial charge in [0.2, 0.25) is 0 Å². The van der Waals surface area contributed by atoms with E-state index in [9.17, 15) is 14.4 Å². The number of hydrogen-bond donors (Lipinski definition) is 2. The number of carbonyl (C=O) groups excluding carboxylic acids is 2. The molecular formula is C17H25NO6. The Hall–Kier alpha value is -2.31. The Morgan fingerprint density at radius 1 is 1.17 bits per heavy atom. The molecule has 0 spiro atoms. The Kier molecular flexibility index (Phi) is 6.57. The fraction of sp³-hybridized carbons (Fsp3) is 0.588. The number of hydrogen-bond acceptors (Lipinski definition) is 5. The number of nitrogens with one attached hydrogen (secondary N) is 1. The molecule has 0 radical (unpaired) electrons. The van der Waals surface area contributed by atoms with E-state index in [1.807, 2.05) is 0 Å². The number of ether oxygens (including phenoxy) is 2. The van der Waals surface area contributed by atoms with Crippen LogP contribution in [0.4, 0.5) is 0 Å². The highest BCUT2D eigenvalue weighted by Gasteiger charge is 2.27. The van der Waals surface area contributed by atoms with Crippen LogP contribution in [0.25, 0.3) is 0 Å². The fourth-order valence-electron chi connectivity index (χ4n) is 2.28. The normalized spacial score (nSPS) is 11.2. The summed E-state index contributed by atoms with van der Waals surface area (Å²) in [5, 5.41) is 8.75. The second-order valence-corrected chi connectivity index (χ2v) is 6.45. The van der Waals surface area contributed by atoms with Crippen LogP contribution in [0, 0.1) is 6.92 Å². The Morgan fingerprint density at radius 3 is 2.29 bits per heavy atom. The van der Waals surface area contributed by atoms with Gasteiger partial charge in [-0.1, -0.05) is 0 Å². The lowest BCUT2D eigenvalue weighted by atomic mass is 10.1. The van der Waals surface area contributed by atoms with E-state index >= 15 is 0 Å². The third-order valence-electron chi connectivity index (χ3n) is 3.23. The van der Waals surface area contributed by atoms with Gasteiger partial charge in [-0.2, -0.15) is 0 Å². The molecule has 0 saturated heterocycles. The molecule has 0 aromatic carbocycles. The maximum atomic E-state index is 12.3. The SMILES string of the molecule is CCOC(=O)c1c(CCCC(=O)O)[nH]c(C(=O)OC(C)(C)C)c1C. The summed E-state index contributed by atoms with van der Waals surface area (Å²) in [5.74, 6) is -2.01. The average Bonchev–Trinajstić information content (AvgIpc) is 2.74. The quantitative estimate of drug-likeness (QED) is 0.740.